The van der Waals surface area contributed by atoms with E-state index in [1.54, 1.807) is 0 Å². The second-order valence-electron chi connectivity index (χ2n) is 5.98. The Labute approximate surface area is 125 Å². The van der Waals surface area contributed by atoms with Crippen LogP contribution in [-0.2, 0) is 4.79 Å². The van der Waals surface area contributed by atoms with Crippen LogP contribution in [0.2, 0.25) is 0 Å². The van der Waals surface area contributed by atoms with E-state index in [4.69, 9.17) is 10.5 Å². The van der Waals surface area contributed by atoms with Gasteiger partial charge in [-0.05, 0) is 56.5 Å². The predicted molar refractivity (Wildman–Crippen MR) is 82.4 cm³/mol. The maximum Gasteiger partial charge on any atom is 0.255 e. The van der Waals surface area contributed by atoms with Gasteiger partial charge in [0.05, 0.1) is 0 Å². The summed E-state index contributed by atoms with van der Waals surface area (Å²) >= 11 is 0. The molecule has 3 N–H and O–H groups in total. The van der Waals surface area contributed by atoms with Gasteiger partial charge in [-0.1, -0.05) is 0 Å². The second kappa shape index (κ2) is 6.35. The first-order valence-electron chi connectivity index (χ1n) is 7.72. The molecule has 1 aromatic rings. The molecular formula is C16H23N3O2. The summed E-state index contributed by atoms with van der Waals surface area (Å²) in [7, 11) is 0. The molecular weight excluding hydrogens is 266 g/mol. The largest absolute Gasteiger partial charge is 0.484 e. The Hall–Kier alpha value is -1.75. The van der Waals surface area contributed by atoms with Crippen LogP contribution in [0.3, 0.4) is 0 Å². The number of anilines is 1. The molecule has 2 heterocycles. The van der Waals surface area contributed by atoms with Crippen LogP contribution in [0, 0.1) is 0 Å². The summed E-state index contributed by atoms with van der Waals surface area (Å²) in [5.41, 5.74) is 6.17. The van der Waals surface area contributed by atoms with Crippen LogP contribution < -0.4 is 15.8 Å². The molecule has 1 aromatic carbocycles. The number of fused-ring (bicyclic) bond motifs is 1. The summed E-state index contributed by atoms with van der Waals surface area (Å²) in [4.78, 5) is 13.3. The van der Waals surface area contributed by atoms with E-state index in [0.29, 0.717) is 11.8 Å². The van der Waals surface area contributed by atoms with Crippen molar-refractivity contribution in [3.8, 4) is 5.75 Å². The average molecular weight is 289 g/mol. The number of carbonyl (C=O) groups is 1. The minimum absolute atomic E-state index is 0.0765. The van der Waals surface area contributed by atoms with Crippen LogP contribution in [0.1, 0.15) is 25.7 Å². The molecule has 0 spiro atoms. The van der Waals surface area contributed by atoms with E-state index in [0.717, 1.165) is 11.7 Å². The van der Waals surface area contributed by atoms with Crippen LogP contribution in [0.4, 0.5) is 5.69 Å². The molecule has 0 radical (unpaired) electrons. The van der Waals surface area contributed by atoms with E-state index in [9.17, 15) is 4.79 Å². The number of nitrogens with zero attached hydrogens (tertiary/aromatic N) is 1. The zero-order chi connectivity index (χ0) is 14.7. The molecule has 2 fully saturated rings. The zero-order valence-corrected chi connectivity index (χ0v) is 12.3. The predicted octanol–water partition coefficient (Wildman–Crippen LogP) is 1.59. The van der Waals surface area contributed by atoms with E-state index in [-0.39, 0.29) is 6.61 Å². The SMILES string of the molecule is NC(=O)COc1ccc(NC2CCN3CCCC3C2)cc1. The fraction of sp³-hybridized carbons (Fsp3) is 0.562. The molecule has 2 aliphatic heterocycles. The zero-order valence-electron chi connectivity index (χ0n) is 12.3. The van der Waals surface area contributed by atoms with Gasteiger partial charge in [0.1, 0.15) is 5.75 Å². The highest BCUT2D eigenvalue weighted by Crippen LogP contribution is 2.28. The fourth-order valence-electron chi connectivity index (χ4n) is 3.39. The minimum Gasteiger partial charge on any atom is -0.484 e. The van der Waals surface area contributed by atoms with E-state index in [2.05, 4.69) is 10.2 Å². The van der Waals surface area contributed by atoms with Crippen molar-refractivity contribution in [1.82, 2.24) is 4.90 Å². The summed E-state index contributed by atoms with van der Waals surface area (Å²) in [6.45, 7) is 2.42. The molecule has 2 unspecified atom stereocenters. The summed E-state index contributed by atoms with van der Waals surface area (Å²) in [5, 5.41) is 3.61. The number of hydrogen-bond acceptors (Lipinski definition) is 4. The van der Waals surface area contributed by atoms with E-state index in [1.165, 1.54) is 38.8 Å². The minimum atomic E-state index is -0.458. The lowest BCUT2D eigenvalue weighted by Crippen LogP contribution is -2.42. The first-order valence-corrected chi connectivity index (χ1v) is 7.72. The van der Waals surface area contributed by atoms with Gasteiger partial charge >= 0.3 is 0 Å². The second-order valence-corrected chi connectivity index (χ2v) is 5.98. The van der Waals surface area contributed by atoms with Gasteiger partial charge in [0.25, 0.3) is 5.91 Å². The van der Waals surface area contributed by atoms with E-state index < -0.39 is 5.91 Å². The lowest BCUT2D eigenvalue weighted by Gasteiger charge is -2.35. The Morgan fingerprint density at radius 2 is 2.10 bits per heavy atom. The van der Waals surface area contributed by atoms with Crippen molar-refractivity contribution < 1.29 is 9.53 Å². The normalized spacial score (nSPS) is 25.3. The third kappa shape index (κ3) is 3.67. The van der Waals surface area contributed by atoms with Gasteiger partial charge in [-0.25, -0.2) is 0 Å². The standard InChI is InChI=1S/C16H23N3O2/c17-16(20)11-21-15-5-3-12(4-6-15)18-13-7-9-19-8-1-2-14(19)10-13/h3-6,13-14,18H,1-2,7-11H2,(H2,17,20). The van der Waals surface area contributed by atoms with Crippen LogP contribution in [-0.4, -0.2) is 42.6 Å². The van der Waals surface area contributed by atoms with E-state index >= 15 is 0 Å². The highest BCUT2D eigenvalue weighted by atomic mass is 16.5. The van der Waals surface area contributed by atoms with Gasteiger partial charge in [0.2, 0.25) is 0 Å². The molecule has 5 nitrogen and oxygen atoms in total. The molecule has 0 saturated carbocycles. The Morgan fingerprint density at radius 3 is 2.86 bits per heavy atom. The molecule has 1 amide bonds. The van der Waals surface area contributed by atoms with Gasteiger partial charge in [-0.2, -0.15) is 0 Å². The topological polar surface area (TPSA) is 67.6 Å². The first kappa shape index (κ1) is 14.2. The Bertz CT molecular complexity index is 489. The molecule has 0 aliphatic carbocycles. The van der Waals surface area contributed by atoms with Gasteiger partial charge in [0, 0.05) is 24.3 Å². The average Bonchev–Trinajstić information content (AvgIpc) is 2.94. The van der Waals surface area contributed by atoms with Crippen LogP contribution in [0.15, 0.2) is 24.3 Å². The fourth-order valence-corrected chi connectivity index (χ4v) is 3.39. The molecule has 3 rings (SSSR count). The first-order chi connectivity index (χ1) is 10.2. The van der Waals surface area contributed by atoms with Crippen molar-refractivity contribution >= 4 is 11.6 Å². The summed E-state index contributed by atoms with van der Waals surface area (Å²) < 4.78 is 5.26. The van der Waals surface area contributed by atoms with Crippen LogP contribution in [0.25, 0.3) is 0 Å². The van der Waals surface area contributed by atoms with Gasteiger partial charge in [0.15, 0.2) is 6.61 Å². The number of rotatable bonds is 5. The Morgan fingerprint density at radius 1 is 1.29 bits per heavy atom. The maximum atomic E-state index is 10.7. The molecule has 0 aromatic heterocycles. The highest BCUT2D eigenvalue weighted by Gasteiger charge is 2.31. The highest BCUT2D eigenvalue weighted by molar-refractivity contribution is 5.75. The number of piperidine rings is 1. The van der Waals surface area contributed by atoms with Crippen molar-refractivity contribution in [2.24, 2.45) is 5.73 Å². The number of hydrogen-bond donors (Lipinski definition) is 2. The van der Waals surface area contributed by atoms with Crippen molar-refractivity contribution in [2.45, 2.75) is 37.8 Å². The molecule has 114 valence electrons. The Kier molecular flexibility index (Phi) is 4.29. The van der Waals surface area contributed by atoms with Crippen molar-refractivity contribution in [3.05, 3.63) is 24.3 Å². The lowest BCUT2D eigenvalue weighted by molar-refractivity contribution is -0.119. The number of nitrogens with one attached hydrogen (secondary N) is 1. The number of benzene rings is 1. The van der Waals surface area contributed by atoms with Gasteiger partial charge < -0.3 is 20.7 Å². The van der Waals surface area contributed by atoms with Crippen LogP contribution >= 0.6 is 0 Å². The van der Waals surface area contributed by atoms with Crippen LogP contribution in [0.5, 0.6) is 5.75 Å². The molecule has 0 bridgehead atoms. The molecule has 2 saturated heterocycles. The maximum absolute atomic E-state index is 10.7. The van der Waals surface area contributed by atoms with Gasteiger partial charge in [-0.3, -0.25) is 4.79 Å². The van der Waals surface area contributed by atoms with Crippen molar-refractivity contribution in [3.63, 3.8) is 0 Å². The number of nitrogens with two attached hydrogens (primary N) is 1. The third-order valence-corrected chi connectivity index (χ3v) is 4.43. The Balaban J connectivity index is 1.52. The number of carbonyl (C=O) groups excluding carboxylic acids is 1. The lowest BCUT2D eigenvalue weighted by atomic mass is 9.97. The summed E-state index contributed by atoms with van der Waals surface area (Å²) in [6, 6.07) is 9.07. The molecule has 21 heavy (non-hydrogen) atoms. The monoisotopic (exact) mass is 289 g/mol. The number of amides is 1. The van der Waals surface area contributed by atoms with E-state index in [1.807, 2.05) is 24.3 Å². The van der Waals surface area contributed by atoms with Crippen molar-refractivity contribution in [2.75, 3.05) is 25.0 Å². The quantitative estimate of drug-likeness (QED) is 0.864. The van der Waals surface area contributed by atoms with Crippen molar-refractivity contribution in [1.29, 1.82) is 0 Å². The number of ether oxygens (including phenoxy) is 1. The molecule has 2 atom stereocenters. The third-order valence-electron chi connectivity index (χ3n) is 4.43. The number of primary amides is 1. The molecule has 2 aliphatic rings. The summed E-state index contributed by atoms with van der Waals surface area (Å²) in [5.74, 6) is 0.213. The van der Waals surface area contributed by atoms with Gasteiger partial charge in [-0.15, -0.1) is 0 Å². The smallest absolute Gasteiger partial charge is 0.255 e. The summed E-state index contributed by atoms with van der Waals surface area (Å²) in [6.07, 6.45) is 5.14. The molecule has 5 heteroatoms.